The van der Waals surface area contributed by atoms with E-state index in [9.17, 15) is 19.2 Å². The van der Waals surface area contributed by atoms with Crippen molar-refractivity contribution in [1.29, 1.82) is 0 Å². The van der Waals surface area contributed by atoms with Gasteiger partial charge in [-0.05, 0) is 51.5 Å². The van der Waals surface area contributed by atoms with Crippen LogP contribution in [0.5, 0.6) is 0 Å². The Kier molecular flexibility index (Phi) is 6.05. The van der Waals surface area contributed by atoms with Crippen molar-refractivity contribution in [2.24, 2.45) is 0 Å². The molecule has 3 rings (SSSR count). The smallest absolute Gasteiger partial charge is 0.339 e. The molecule has 9 nitrogen and oxygen atoms in total. The van der Waals surface area contributed by atoms with Crippen LogP contribution in [0.4, 0.5) is 0 Å². The molecule has 2 aromatic heterocycles. The van der Waals surface area contributed by atoms with E-state index in [0.717, 1.165) is 0 Å². The summed E-state index contributed by atoms with van der Waals surface area (Å²) in [5.74, 6) is -1.72. The number of aromatic amines is 1. The maximum Gasteiger partial charge on any atom is 0.339 e. The molecule has 0 radical (unpaired) electrons. The third-order valence-corrected chi connectivity index (χ3v) is 5.10. The van der Waals surface area contributed by atoms with E-state index < -0.39 is 24.3 Å². The predicted octanol–water partition coefficient (Wildman–Crippen LogP) is 2.50. The molecule has 0 aliphatic heterocycles. The number of ketones is 1. The Morgan fingerprint density at radius 2 is 1.84 bits per heavy atom. The van der Waals surface area contributed by atoms with Gasteiger partial charge in [0.2, 0.25) is 5.78 Å². The van der Waals surface area contributed by atoms with E-state index in [1.54, 1.807) is 31.4 Å². The molecule has 0 aliphatic rings. The van der Waals surface area contributed by atoms with Crippen LogP contribution in [0.25, 0.3) is 11.0 Å². The Hall–Kier alpha value is -3.75. The Morgan fingerprint density at radius 3 is 2.48 bits per heavy atom. The van der Waals surface area contributed by atoms with Crippen molar-refractivity contribution >= 4 is 28.8 Å². The van der Waals surface area contributed by atoms with Crippen molar-refractivity contribution in [1.82, 2.24) is 14.5 Å². The lowest BCUT2D eigenvalue weighted by Crippen LogP contribution is -2.23. The molecular formula is C22H23N3O6. The quantitative estimate of drug-likeness (QED) is 0.476. The molecular weight excluding hydrogens is 402 g/mol. The monoisotopic (exact) mass is 425 g/mol. The van der Waals surface area contributed by atoms with Gasteiger partial charge < -0.3 is 19.0 Å². The summed E-state index contributed by atoms with van der Waals surface area (Å²) in [6, 6.07) is 4.68. The second-order valence-electron chi connectivity index (χ2n) is 7.07. The van der Waals surface area contributed by atoms with Crippen molar-refractivity contribution in [3.05, 3.63) is 62.3 Å². The second kappa shape index (κ2) is 8.55. The van der Waals surface area contributed by atoms with Gasteiger partial charge in [0.1, 0.15) is 5.69 Å². The van der Waals surface area contributed by atoms with Gasteiger partial charge in [0, 0.05) is 12.2 Å². The minimum Gasteiger partial charge on any atom is -0.465 e. The highest BCUT2D eigenvalue weighted by molar-refractivity contribution is 6.03. The van der Waals surface area contributed by atoms with E-state index in [-0.39, 0.29) is 22.4 Å². The third kappa shape index (κ3) is 3.98. The predicted molar refractivity (Wildman–Crippen MR) is 113 cm³/mol. The van der Waals surface area contributed by atoms with Crippen molar-refractivity contribution in [3.8, 4) is 0 Å². The van der Waals surface area contributed by atoms with Gasteiger partial charge in [0.15, 0.2) is 6.61 Å². The van der Waals surface area contributed by atoms with Gasteiger partial charge in [0.25, 0.3) is 5.56 Å². The van der Waals surface area contributed by atoms with Crippen molar-refractivity contribution in [2.75, 3.05) is 13.7 Å². The number of fused-ring (bicyclic) bond motifs is 1. The molecule has 1 N–H and O–H groups in total. The number of aromatic nitrogens is 3. The van der Waals surface area contributed by atoms with Crippen LogP contribution in [0.1, 0.15) is 55.1 Å². The zero-order chi connectivity index (χ0) is 22.9. The van der Waals surface area contributed by atoms with Gasteiger partial charge in [-0.15, -0.1) is 0 Å². The first-order valence-corrected chi connectivity index (χ1v) is 9.68. The summed E-state index contributed by atoms with van der Waals surface area (Å²) in [6.45, 7) is 6.71. The normalized spacial score (nSPS) is 10.9. The van der Waals surface area contributed by atoms with Gasteiger partial charge in [-0.25, -0.2) is 14.6 Å². The van der Waals surface area contributed by atoms with Crippen molar-refractivity contribution < 1.29 is 23.9 Å². The molecule has 0 atom stereocenters. The molecule has 0 saturated heterocycles. The van der Waals surface area contributed by atoms with Gasteiger partial charge in [-0.1, -0.05) is 0 Å². The average molecular weight is 425 g/mol. The van der Waals surface area contributed by atoms with Crippen LogP contribution in [0, 0.1) is 20.8 Å². The summed E-state index contributed by atoms with van der Waals surface area (Å²) < 4.78 is 11.5. The fraction of sp³-hybridized carbons (Fsp3) is 0.318. The standard InChI is InChI=1S/C22H23N3O6/c1-6-25-16-8-7-14(9-15(16)23-13(4)20(25)27)21(28)31-10-17(26)19-11(2)18(12(3)24-19)22(29)30-5/h7-9,24H,6,10H2,1-5H3. The number of Topliss-reactive ketones (excluding diaryl/α,β-unsaturated/α-hetero) is 1. The minimum atomic E-state index is -0.696. The summed E-state index contributed by atoms with van der Waals surface area (Å²) in [7, 11) is 1.26. The van der Waals surface area contributed by atoms with Crippen LogP contribution < -0.4 is 5.56 Å². The molecule has 0 spiro atoms. The second-order valence-corrected chi connectivity index (χ2v) is 7.07. The number of methoxy groups -OCH3 is 1. The van der Waals surface area contributed by atoms with Crippen LogP contribution >= 0.6 is 0 Å². The fourth-order valence-corrected chi connectivity index (χ4v) is 3.54. The first-order valence-electron chi connectivity index (χ1n) is 9.68. The van der Waals surface area contributed by atoms with E-state index in [0.29, 0.717) is 34.5 Å². The van der Waals surface area contributed by atoms with Crippen LogP contribution in [0.3, 0.4) is 0 Å². The fourth-order valence-electron chi connectivity index (χ4n) is 3.54. The molecule has 0 bridgehead atoms. The van der Waals surface area contributed by atoms with Gasteiger partial charge in [0.05, 0.1) is 35.0 Å². The molecule has 31 heavy (non-hydrogen) atoms. The maximum absolute atomic E-state index is 12.5. The zero-order valence-corrected chi connectivity index (χ0v) is 18.0. The Balaban J connectivity index is 1.80. The largest absolute Gasteiger partial charge is 0.465 e. The van der Waals surface area contributed by atoms with E-state index in [1.165, 1.54) is 19.2 Å². The first kappa shape index (κ1) is 21.9. The number of hydrogen-bond acceptors (Lipinski definition) is 7. The number of hydrogen-bond donors (Lipinski definition) is 1. The topological polar surface area (TPSA) is 120 Å². The van der Waals surface area contributed by atoms with E-state index in [4.69, 9.17) is 9.47 Å². The van der Waals surface area contributed by atoms with Crippen LogP contribution in [-0.4, -0.2) is 46.0 Å². The average Bonchev–Trinajstić information content (AvgIpc) is 3.05. The van der Waals surface area contributed by atoms with E-state index in [2.05, 4.69) is 9.97 Å². The maximum atomic E-state index is 12.5. The highest BCUT2D eigenvalue weighted by Crippen LogP contribution is 2.20. The Morgan fingerprint density at radius 1 is 1.13 bits per heavy atom. The Bertz CT molecular complexity index is 1270. The van der Waals surface area contributed by atoms with Crippen LogP contribution in [0.2, 0.25) is 0 Å². The molecule has 162 valence electrons. The number of nitrogens with one attached hydrogen (secondary N) is 1. The molecule has 0 unspecified atom stereocenters. The molecule has 0 amide bonds. The summed E-state index contributed by atoms with van der Waals surface area (Å²) in [4.78, 5) is 56.2. The lowest BCUT2D eigenvalue weighted by molar-refractivity contribution is 0.0473. The molecule has 3 aromatic rings. The molecule has 0 aliphatic carbocycles. The van der Waals surface area contributed by atoms with Crippen molar-refractivity contribution in [2.45, 2.75) is 34.2 Å². The summed E-state index contributed by atoms with van der Waals surface area (Å²) >= 11 is 0. The lowest BCUT2D eigenvalue weighted by atomic mass is 10.1. The number of carbonyl (C=O) groups excluding carboxylic acids is 3. The number of H-pyrrole nitrogens is 1. The molecule has 0 fully saturated rings. The zero-order valence-electron chi connectivity index (χ0n) is 18.0. The number of nitrogens with zero attached hydrogens (tertiary/aromatic N) is 2. The molecule has 0 saturated carbocycles. The number of aryl methyl sites for hydroxylation is 3. The highest BCUT2D eigenvalue weighted by Gasteiger charge is 2.23. The molecule has 1 aromatic carbocycles. The summed E-state index contributed by atoms with van der Waals surface area (Å²) in [5.41, 5.74) is 2.86. The van der Waals surface area contributed by atoms with Crippen LogP contribution in [-0.2, 0) is 16.0 Å². The van der Waals surface area contributed by atoms with E-state index >= 15 is 0 Å². The number of ether oxygens (including phenoxy) is 2. The number of benzene rings is 1. The van der Waals surface area contributed by atoms with Gasteiger partial charge >= 0.3 is 11.9 Å². The molecule has 2 heterocycles. The number of rotatable bonds is 6. The number of esters is 2. The van der Waals surface area contributed by atoms with Crippen molar-refractivity contribution in [3.63, 3.8) is 0 Å². The summed E-state index contributed by atoms with van der Waals surface area (Å²) in [5, 5.41) is 0. The van der Waals surface area contributed by atoms with Gasteiger partial charge in [-0.2, -0.15) is 0 Å². The first-order chi connectivity index (χ1) is 14.7. The van der Waals surface area contributed by atoms with Crippen LogP contribution in [0.15, 0.2) is 23.0 Å². The lowest BCUT2D eigenvalue weighted by Gasteiger charge is -2.10. The SMILES string of the molecule is CCn1c(=O)c(C)nc2cc(C(=O)OCC(=O)c3[nH]c(C)c(C(=O)OC)c3C)ccc21. The number of carbonyl (C=O) groups is 3. The molecule has 9 heteroatoms. The minimum absolute atomic E-state index is 0.182. The Labute approximate surface area is 178 Å². The third-order valence-electron chi connectivity index (χ3n) is 5.10. The summed E-state index contributed by atoms with van der Waals surface area (Å²) in [6.07, 6.45) is 0. The highest BCUT2D eigenvalue weighted by atomic mass is 16.5. The van der Waals surface area contributed by atoms with Gasteiger partial charge in [-0.3, -0.25) is 9.59 Å². The van der Waals surface area contributed by atoms with E-state index in [1.807, 2.05) is 6.92 Å².